The molecule has 0 saturated heterocycles. The summed E-state index contributed by atoms with van der Waals surface area (Å²) >= 11 is 0. The second-order valence-corrected chi connectivity index (χ2v) is 2.01. The molecule has 0 aliphatic rings. The molecular weight excluding hydrogens is 102 g/mol. The lowest BCUT2D eigenvalue weighted by atomic mass is 10.3. The van der Waals surface area contributed by atoms with Crippen LogP contribution in [-0.4, -0.2) is 24.3 Å². The Balaban J connectivity index is 2.86. The van der Waals surface area contributed by atoms with Gasteiger partial charge < -0.3 is 10.4 Å². The number of hydrogen-bond donors (Lipinski definition) is 1. The topological polar surface area (TPSA) is 34.9 Å². The van der Waals surface area contributed by atoms with E-state index in [1.165, 1.54) is 0 Å². The molecule has 2 heteroatoms. The van der Waals surface area contributed by atoms with Crippen molar-refractivity contribution >= 4 is 0 Å². The molecule has 50 valence electrons. The van der Waals surface area contributed by atoms with Crippen molar-refractivity contribution in [3.63, 3.8) is 0 Å². The van der Waals surface area contributed by atoms with Crippen LogP contribution < -0.4 is 5.32 Å². The minimum absolute atomic E-state index is 0.490. The predicted octanol–water partition coefficient (Wildman–Crippen LogP) is 0.0991. The fraction of sp³-hybridized carbons (Fsp3) is 1.00. The van der Waals surface area contributed by atoms with Crippen LogP contribution in [0.4, 0.5) is 0 Å². The van der Waals surface area contributed by atoms with Crippen molar-refractivity contribution in [2.75, 3.05) is 13.2 Å². The molecule has 0 aromatic carbocycles. The highest BCUT2D eigenvalue weighted by molar-refractivity contribution is 4.55. The fourth-order valence-corrected chi connectivity index (χ4v) is 0.463. The van der Waals surface area contributed by atoms with E-state index in [4.69, 9.17) is 5.11 Å². The molecule has 0 bridgehead atoms. The molecule has 0 radical (unpaired) electrons. The van der Waals surface area contributed by atoms with Crippen LogP contribution in [0.1, 0.15) is 20.3 Å². The second-order valence-electron chi connectivity index (χ2n) is 2.01. The molecule has 0 amide bonds. The minimum atomic E-state index is 0.490. The van der Waals surface area contributed by atoms with Gasteiger partial charge in [-0.25, -0.2) is 0 Å². The van der Waals surface area contributed by atoms with Gasteiger partial charge in [0.15, 0.2) is 6.61 Å². The molecule has 1 unspecified atom stereocenters. The zero-order valence-electron chi connectivity index (χ0n) is 5.70. The van der Waals surface area contributed by atoms with Crippen molar-refractivity contribution in [2.45, 2.75) is 26.3 Å². The second kappa shape index (κ2) is 5.06. The van der Waals surface area contributed by atoms with Crippen LogP contribution in [0.2, 0.25) is 0 Å². The molecule has 0 aliphatic heterocycles. The summed E-state index contributed by atoms with van der Waals surface area (Å²) in [4.78, 5) is 0. The normalized spacial score (nSPS) is 13.9. The van der Waals surface area contributed by atoms with Gasteiger partial charge in [0.25, 0.3) is 0 Å². The molecule has 0 aromatic heterocycles. The summed E-state index contributed by atoms with van der Waals surface area (Å²) in [6.07, 6.45) is 1.15. The van der Waals surface area contributed by atoms with Crippen molar-refractivity contribution in [1.82, 2.24) is 5.32 Å². The van der Waals surface area contributed by atoms with Gasteiger partial charge in [-0.2, -0.15) is 0 Å². The van der Waals surface area contributed by atoms with Crippen molar-refractivity contribution in [2.24, 2.45) is 0 Å². The van der Waals surface area contributed by atoms with E-state index >= 15 is 0 Å². The van der Waals surface area contributed by atoms with E-state index in [0.29, 0.717) is 12.6 Å². The van der Waals surface area contributed by atoms with E-state index in [1.807, 2.05) is 0 Å². The zero-order valence-corrected chi connectivity index (χ0v) is 5.70. The Bertz CT molecular complexity index is 47.8. The summed E-state index contributed by atoms with van der Waals surface area (Å²) < 4.78 is 0. The largest absolute Gasteiger partial charge is 0.444 e. The number of nitrogens with one attached hydrogen (secondary N) is 1. The zero-order chi connectivity index (χ0) is 6.41. The Hall–Kier alpha value is -0.0800. The van der Waals surface area contributed by atoms with Gasteiger partial charge in [0.2, 0.25) is 0 Å². The van der Waals surface area contributed by atoms with E-state index in [2.05, 4.69) is 19.2 Å². The lowest BCUT2D eigenvalue weighted by Crippen LogP contribution is -2.27. The van der Waals surface area contributed by atoms with E-state index in [1.54, 1.807) is 0 Å². The summed E-state index contributed by atoms with van der Waals surface area (Å²) in [6.45, 7) is 5.59. The molecule has 0 fully saturated rings. The van der Waals surface area contributed by atoms with E-state index < -0.39 is 0 Å². The average molecular weight is 118 g/mol. The van der Waals surface area contributed by atoms with Crippen molar-refractivity contribution < 1.29 is 5.11 Å². The van der Waals surface area contributed by atoms with Gasteiger partial charge in [0.1, 0.15) is 0 Å². The molecule has 2 nitrogen and oxygen atoms in total. The minimum Gasteiger partial charge on any atom is -0.444 e. The lowest BCUT2D eigenvalue weighted by Gasteiger charge is -2.06. The van der Waals surface area contributed by atoms with Gasteiger partial charge in [-0.15, -0.1) is 0 Å². The molecule has 0 saturated carbocycles. The summed E-state index contributed by atoms with van der Waals surface area (Å²) in [6, 6.07) is 0.584. The van der Waals surface area contributed by atoms with Crippen LogP contribution in [0.3, 0.4) is 0 Å². The van der Waals surface area contributed by atoms with Crippen molar-refractivity contribution in [3.8, 4) is 0 Å². The summed E-state index contributed by atoms with van der Waals surface area (Å²) in [7, 11) is 0. The third-order valence-electron chi connectivity index (χ3n) is 1.23. The first kappa shape index (κ1) is 7.92. The molecule has 8 heavy (non-hydrogen) atoms. The fourth-order valence-electron chi connectivity index (χ4n) is 0.463. The number of hydrogen-bond acceptors (Lipinski definition) is 1. The molecule has 0 aromatic rings. The Morgan fingerprint density at radius 1 is 1.62 bits per heavy atom. The molecule has 0 aliphatic carbocycles. The first-order valence-electron chi connectivity index (χ1n) is 3.19. The predicted molar refractivity (Wildman–Crippen MR) is 36.2 cm³/mol. The Kier molecular flexibility index (Phi) is 5.01. The summed E-state index contributed by atoms with van der Waals surface area (Å²) in [5, 5.41) is 10.0. The van der Waals surface area contributed by atoms with Gasteiger partial charge in [-0.3, -0.25) is 0 Å². The average Bonchev–Trinajstić information content (AvgIpc) is 1.83. The van der Waals surface area contributed by atoms with E-state index in [0.717, 1.165) is 13.0 Å². The molecule has 3 N–H and O–H groups in total. The Morgan fingerprint density at radius 2 is 2.25 bits per heavy atom. The van der Waals surface area contributed by atoms with Crippen molar-refractivity contribution in [1.29, 1.82) is 0 Å². The third kappa shape index (κ3) is 4.09. The highest BCUT2D eigenvalue weighted by atomic mass is 16.3. The number of rotatable bonds is 4. The third-order valence-corrected chi connectivity index (χ3v) is 1.23. The first-order chi connectivity index (χ1) is 3.81. The maximum absolute atomic E-state index is 6.81. The molecule has 0 rings (SSSR count). The molecule has 0 heterocycles. The molecular formula is C6H16NO+. The Labute approximate surface area is 50.9 Å². The van der Waals surface area contributed by atoms with Crippen LogP contribution in [0, 0.1) is 0 Å². The van der Waals surface area contributed by atoms with Crippen LogP contribution in [0.25, 0.3) is 0 Å². The van der Waals surface area contributed by atoms with Crippen molar-refractivity contribution in [3.05, 3.63) is 0 Å². The summed E-state index contributed by atoms with van der Waals surface area (Å²) in [5.74, 6) is 0. The van der Waals surface area contributed by atoms with E-state index in [9.17, 15) is 0 Å². The van der Waals surface area contributed by atoms with Gasteiger partial charge in [-0.1, -0.05) is 6.92 Å². The van der Waals surface area contributed by atoms with Crippen LogP contribution >= 0.6 is 0 Å². The van der Waals surface area contributed by atoms with E-state index in [-0.39, 0.29) is 0 Å². The quantitative estimate of drug-likeness (QED) is 0.522. The lowest BCUT2D eigenvalue weighted by molar-refractivity contribution is 0.285. The van der Waals surface area contributed by atoms with Gasteiger partial charge >= 0.3 is 0 Å². The first-order valence-corrected chi connectivity index (χ1v) is 3.19. The Morgan fingerprint density at radius 3 is 2.62 bits per heavy atom. The maximum Gasteiger partial charge on any atom is 0.156 e. The SMILES string of the molecule is CCC(C)NCC[OH2+]. The standard InChI is InChI=1S/C6H15NO/c1-3-6(2)7-4-5-8/h6-8H,3-5H2,1-2H3/p+1. The van der Waals surface area contributed by atoms with Gasteiger partial charge in [0, 0.05) is 6.04 Å². The highest BCUT2D eigenvalue weighted by Crippen LogP contribution is 1.84. The van der Waals surface area contributed by atoms with Crippen LogP contribution in [-0.2, 0) is 0 Å². The summed E-state index contributed by atoms with van der Waals surface area (Å²) in [5.41, 5.74) is 0. The maximum atomic E-state index is 6.81. The monoisotopic (exact) mass is 118 g/mol. The van der Waals surface area contributed by atoms with Gasteiger partial charge in [0.05, 0.1) is 6.54 Å². The van der Waals surface area contributed by atoms with Gasteiger partial charge in [-0.05, 0) is 13.3 Å². The smallest absolute Gasteiger partial charge is 0.156 e. The highest BCUT2D eigenvalue weighted by Gasteiger charge is 1.93. The molecule has 0 spiro atoms. The molecule has 1 atom stereocenters. The van der Waals surface area contributed by atoms with Crippen LogP contribution in [0.15, 0.2) is 0 Å². The van der Waals surface area contributed by atoms with Crippen LogP contribution in [0.5, 0.6) is 0 Å².